The number of carbonyl (C=O) groups is 1. The largest absolute Gasteiger partial charge is 0.382 e. The van der Waals surface area contributed by atoms with E-state index in [1.165, 1.54) is 0 Å². The molecule has 4 nitrogen and oxygen atoms in total. The molecule has 0 aromatic carbocycles. The van der Waals surface area contributed by atoms with Crippen LogP contribution in [0.25, 0.3) is 0 Å². The SMILES string of the molecule is CCOCCCC(=O)N(C)C1CNC1. The highest BCUT2D eigenvalue weighted by Gasteiger charge is 2.24. The van der Waals surface area contributed by atoms with Gasteiger partial charge in [-0.3, -0.25) is 4.79 Å². The highest BCUT2D eigenvalue weighted by Crippen LogP contribution is 2.05. The van der Waals surface area contributed by atoms with Crippen LogP contribution >= 0.6 is 0 Å². The van der Waals surface area contributed by atoms with Crippen LogP contribution in [-0.2, 0) is 9.53 Å². The Kier molecular flexibility index (Phi) is 4.90. The van der Waals surface area contributed by atoms with E-state index in [1.807, 2.05) is 18.9 Å². The Balaban J connectivity index is 2.07. The van der Waals surface area contributed by atoms with Gasteiger partial charge in [-0.15, -0.1) is 0 Å². The van der Waals surface area contributed by atoms with Gasteiger partial charge in [0, 0.05) is 39.8 Å². The lowest BCUT2D eigenvalue weighted by molar-refractivity contribution is -0.133. The molecule has 0 spiro atoms. The van der Waals surface area contributed by atoms with Crippen LogP contribution in [0.1, 0.15) is 19.8 Å². The first-order chi connectivity index (χ1) is 6.75. The number of ether oxygens (including phenoxy) is 1. The Morgan fingerprint density at radius 2 is 2.29 bits per heavy atom. The molecule has 1 amide bonds. The maximum atomic E-state index is 11.6. The van der Waals surface area contributed by atoms with Gasteiger partial charge in [0.15, 0.2) is 0 Å². The molecule has 82 valence electrons. The molecule has 1 heterocycles. The van der Waals surface area contributed by atoms with E-state index in [1.54, 1.807) is 0 Å². The lowest BCUT2D eigenvalue weighted by Gasteiger charge is -2.35. The molecule has 0 aromatic rings. The Labute approximate surface area is 85.6 Å². The van der Waals surface area contributed by atoms with Gasteiger partial charge in [0.25, 0.3) is 0 Å². The third-order valence-corrected chi connectivity index (χ3v) is 2.58. The summed E-state index contributed by atoms with van der Waals surface area (Å²) in [6, 6.07) is 0.412. The maximum Gasteiger partial charge on any atom is 0.222 e. The van der Waals surface area contributed by atoms with Crippen LogP contribution in [0.15, 0.2) is 0 Å². The van der Waals surface area contributed by atoms with Gasteiger partial charge < -0.3 is 15.0 Å². The number of carbonyl (C=O) groups excluding carboxylic acids is 1. The molecule has 1 N–H and O–H groups in total. The van der Waals surface area contributed by atoms with Crippen molar-refractivity contribution in [2.75, 3.05) is 33.4 Å². The summed E-state index contributed by atoms with van der Waals surface area (Å²) in [5.74, 6) is 0.233. The van der Waals surface area contributed by atoms with E-state index < -0.39 is 0 Å². The molecule has 1 aliphatic heterocycles. The first-order valence-corrected chi connectivity index (χ1v) is 5.29. The van der Waals surface area contributed by atoms with Crippen LogP contribution in [0.5, 0.6) is 0 Å². The summed E-state index contributed by atoms with van der Waals surface area (Å²) in [6.45, 7) is 5.27. The molecule has 0 bridgehead atoms. The monoisotopic (exact) mass is 200 g/mol. The number of hydrogen-bond acceptors (Lipinski definition) is 3. The van der Waals surface area contributed by atoms with Gasteiger partial charge in [-0.1, -0.05) is 0 Å². The molecule has 1 fully saturated rings. The summed E-state index contributed by atoms with van der Waals surface area (Å²) in [4.78, 5) is 13.4. The van der Waals surface area contributed by atoms with E-state index in [4.69, 9.17) is 4.74 Å². The fourth-order valence-corrected chi connectivity index (χ4v) is 1.40. The Hall–Kier alpha value is -0.610. The summed E-state index contributed by atoms with van der Waals surface area (Å²) in [6.07, 6.45) is 1.43. The average molecular weight is 200 g/mol. The molecule has 1 aliphatic rings. The van der Waals surface area contributed by atoms with Crippen LogP contribution < -0.4 is 5.32 Å². The average Bonchev–Trinajstić information content (AvgIpc) is 2.09. The van der Waals surface area contributed by atoms with Crippen LogP contribution in [-0.4, -0.2) is 50.2 Å². The molecule has 14 heavy (non-hydrogen) atoms. The van der Waals surface area contributed by atoms with Gasteiger partial charge >= 0.3 is 0 Å². The zero-order valence-electron chi connectivity index (χ0n) is 9.08. The van der Waals surface area contributed by atoms with Crippen molar-refractivity contribution in [1.82, 2.24) is 10.2 Å². The zero-order chi connectivity index (χ0) is 10.4. The number of amides is 1. The van der Waals surface area contributed by atoms with Crippen LogP contribution in [0, 0.1) is 0 Å². The summed E-state index contributed by atoms with van der Waals surface area (Å²) in [5, 5.41) is 3.15. The van der Waals surface area contributed by atoms with Crippen molar-refractivity contribution in [2.45, 2.75) is 25.8 Å². The predicted octanol–water partition coefficient (Wildman–Crippen LogP) is 0.233. The smallest absolute Gasteiger partial charge is 0.222 e. The highest BCUT2D eigenvalue weighted by molar-refractivity contribution is 5.76. The van der Waals surface area contributed by atoms with Crippen molar-refractivity contribution >= 4 is 5.91 Å². The highest BCUT2D eigenvalue weighted by atomic mass is 16.5. The normalized spacial score (nSPS) is 16.4. The third-order valence-electron chi connectivity index (χ3n) is 2.58. The number of likely N-dealkylation sites (N-methyl/N-ethyl adjacent to an activating group) is 1. The standard InChI is InChI=1S/C10H20N2O2/c1-3-14-6-4-5-10(13)12(2)9-7-11-8-9/h9,11H,3-8H2,1-2H3. The molecule has 1 saturated heterocycles. The molecular weight excluding hydrogens is 180 g/mol. The molecule has 0 unspecified atom stereocenters. The first kappa shape index (κ1) is 11.5. The van der Waals surface area contributed by atoms with E-state index in [2.05, 4.69) is 5.32 Å². The van der Waals surface area contributed by atoms with Crippen molar-refractivity contribution in [3.8, 4) is 0 Å². The van der Waals surface area contributed by atoms with Crippen molar-refractivity contribution in [3.63, 3.8) is 0 Å². The molecule has 0 aliphatic carbocycles. The second-order valence-corrected chi connectivity index (χ2v) is 3.62. The van der Waals surface area contributed by atoms with Gasteiger partial charge in [0.2, 0.25) is 5.91 Å². The molecule has 0 atom stereocenters. The van der Waals surface area contributed by atoms with E-state index in [-0.39, 0.29) is 5.91 Å². The summed E-state index contributed by atoms with van der Waals surface area (Å²) >= 11 is 0. The summed E-state index contributed by atoms with van der Waals surface area (Å²) in [5.41, 5.74) is 0. The number of rotatable bonds is 6. The Morgan fingerprint density at radius 3 is 2.79 bits per heavy atom. The van der Waals surface area contributed by atoms with Gasteiger partial charge in [-0.25, -0.2) is 0 Å². The lowest BCUT2D eigenvalue weighted by atomic mass is 10.1. The summed E-state index contributed by atoms with van der Waals surface area (Å²) < 4.78 is 5.18. The van der Waals surface area contributed by atoms with Gasteiger partial charge in [-0.2, -0.15) is 0 Å². The molecule has 0 aromatic heterocycles. The first-order valence-electron chi connectivity index (χ1n) is 5.29. The van der Waals surface area contributed by atoms with E-state index in [0.29, 0.717) is 19.1 Å². The van der Waals surface area contributed by atoms with Crippen LogP contribution in [0.4, 0.5) is 0 Å². The predicted molar refractivity (Wildman–Crippen MR) is 55.2 cm³/mol. The molecule has 1 rings (SSSR count). The number of nitrogens with zero attached hydrogens (tertiary/aromatic N) is 1. The van der Waals surface area contributed by atoms with Gasteiger partial charge in [0.05, 0.1) is 6.04 Å². The fraction of sp³-hybridized carbons (Fsp3) is 0.900. The van der Waals surface area contributed by atoms with Crippen LogP contribution in [0.2, 0.25) is 0 Å². The van der Waals surface area contributed by atoms with Crippen molar-refractivity contribution in [3.05, 3.63) is 0 Å². The Bertz CT molecular complexity index is 181. The second-order valence-electron chi connectivity index (χ2n) is 3.62. The van der Waals surface area contributed by atoms with Crippen molar-refractivity contribution < 1.29 is 9.53 Å². The number of nitrogens with one attached hydrogen (secondary N) is 1. The third kappa shape index (κ3) is 3.27. The minimum atomic E-state index is 0.233. The van der Waals surface area contributed by atoms with Crippen molar-refractivity contribution in [1.29, 1.82) is 0 Å². The molecule has 0 radical (unpaired) electrons. The van der Waals surface area contributed by atoms with E-state index in [0.717, 1.165) is 26.1 Å². The summed E-state index contributed by atoms with van der Waals surface area (Å²) in [7, 11) is 1.88. The van der Waals surface area contributed by atoms with Crippen LogP contribution in [0.3, 0.4) is 0 Å². The quantitative estimate of drug-likeness (QED) is 0.624. The maximum absolute atomic E-state index is 11.6. The van der Waals surface area contributed by atoms with Crippen molar-refractivity contribution in [2.24, 2.45) is 0 Å². The number of hydrogen-bond donors (Lipinski definition) is 1. The minimum Gasteiger partial charge on any atom is -0.382 e. The molecule has 0 saturated carbocycles. The van der Waals surface area contributed by atoms with E-state index >= 15 is 0 Å². The molecular formula is C10H20N2O2. The van der Waals surface area contributed by atoms with E-state index in [9.17, 15) is 4.79 Å². The lowest BCUT2D eigenvalue weighted by Crippen LogP contribution is -2.57. The molecule has 4 heteroatoms. The van der Waals surface area contributed by atoms with Gasteiger partial charge in [-0.05, 0) is 13.3 Å². The topological polar surface area (TPSA) is 41.6 Å². The Morgan fingerprint density at radius 1 is 1.57 bits per heavy atom. The minimum absolute atomic E-state index is 0.233. The zero-order valence-corrected chi connectivity index (χ0v) is 9.08. The van der Waals surface area contributed by atoms with Gasteiger partial charge in [0.1, 0.15) is 0 Å². The fourth-order valence-electron chi connectivity index (χ4n) is 1.40. The second kappa shape index (κ2) is 5.98.